The van der Waals surface area contributed by atoms with Gasteiger partial charge in [0, 0.05) is 13.1 Å². The van der Waals surface area contributed by atoms with E-state index in [1.54, 1.807) is 0 Å². The van der Waals surface area contributed by atoms with Crippen LogP contribution in [0.4, 0.5) is 4.79 Å². The van der Waals surface area contributed by atoms with Crippen molar-refractivity contribution >= 4 is 27.7 Å². The minimum absolute atomic E-state index is 0.0110. The van der Waals surface area contributed by atoms with Crippen molar-refractivity contribution in [2.45, 2.75) is 4.90 Å². The molecule has 2 amide bonds. The van der Waals surface area contributed by atoms with E-state index < -0.39 is 16.1 Å². The van der Waals surface area contributed by atoms with Gasteiger partial charge in [0.15, 0.2) is 0 Å². The summed E-state index contributed by atoms with van der Waals surface area (Å²) < 4.78 is 25.9. The van der Waals surface area contributed by atoms with Crippen molar-refractivity contribution in [3.8, 4) is 6.07 Å². The number of carbonyl (C=O) groups excluding carboxylic acids is 1. The summed E-state index contributed by atoms with van der Waals surface area (Å²) in [4.78, 5) is 10.3. The molecule has 1 aromatic rings. The van der Waals surface area contributed by atoms with Crippen molar-refractivity contribution < 1.29 is 13.2 Å². The number of nitrogens with two attached hydrogens (primary N) is 1. The van der Waals surface area contributed by atoms with Crippen LogP contribution in [-0.4, -0.2) is 27.5 Å². The van der Waals surface area contributed by atoms with E-state index in [0.29, 0.717) is 0 Å². The smallest absolute Gasteiger partial charge is 0.312 e. The van der Waals surface area contributed by atoms with E-state index in [1.165, 1.54) is 18.2 Å². The Balaban J connectivity index is 2.75. The fourth-order valence-electron chi connectivity index (χ4n) is 1.21. The monoisotopic (exact) mass is 302 g/mol. The highest BCUT2D eigenvalue weighted by atomic mass is 35.5. The Bertz CT molecular complexity index is 624. The Morgan fingerprint density at radius 3 is 2.63 bits per heavy atom. The summed E-state index contributed by atoms with van der Waals surface area (Å²) in [6.07, 6.45) is 0. The maximum absolute atomic E-state index is 11.8. The van der Waals surface area contributed by atoms with Crippen LogP contribution in [0.5, 0.6) is 0 Å². The van der Waals surface area contributed by atoms with Crippen molar-refractivity contribution in [1.82, 2.24) is 10.0 Å². The first-order valence-electron chi connectivity index (χ1n) is 5.09. The molecule has 0 fully saturated rings. The topological polar surface area (TPSA) is 125 Å². The van der Waals surface area contributed by atoms with Crippen molar-refractivity contribution in [2.75, 3.05) is 13.1 Å². The molecule has 1 aromatic carbocycles. The largest absolute Gasteiger partial charge is 0.352 e. The number of nitrogens with zero attached hydrogens (tertiary/aromatic N) is 1. The molecule has 0 spiro atoms. The molecule has 0 radical (unpaired) electrons. The van der Waals surface area contributed by atoms with Crippen LogP contribution < -0.4 is 15.8 Å². The van der Waals surface area contributed by atoms with Gasteiger partial charge in [0.2, 0.25) is 10.0 Å². The number of nitrogens with one attached hydrogen (secondary N) is 2. The molecule has 102 valence electrons. The number of hydrogen-bond donors (Lipinski definition) is 3. The van der Waals surface area contributed by atoms with Gasteiger partial charge in [-0.3, -0.25) is 0 Å². The summed E-state index contributed by atoms with van der Waals surface area (Å²) in [5, 5.41) is 11.0. The number of sulfonamides is 1. The molecule has 1 rings (SSSR count). The van der Waals surface area contributed by atoms with Crippen molar-refractivity contribution in [3.63, 3.8) is 0 Å². The van der Waals surface area contributed by atoms with E-state index in [9.17, 15) is 13.2 Å². The van der Waals surface area contributed by atoms with Crippen LogP contribution in [0.25, 0.3) is 0 Å². The van der Waals surface area contributed by atoms with Gasteiger partial charge >= 0.3 is 6.03 Å². The number of benzene rings is 1. The van der Waals surface area contributed by atoms with Gasteiger partial charge in [-0.2, -0.15) is 5.26 Å². The van der Waals surface area contributed by atoms with E-state index in [0.717, 1.165) is 0 Å². The SMILES string of the molecule is N#Cc1ccc(S(=O)(=O)NCCNC(N)=O)cc1Cl. The van der Waals surface area contributed by atoms with Gasteiger partial charge in [-0.25, -0.2) is 17.9 Å². The number of hydrogen-bond acceptors (Lipinski definition) is 4. The number of carbonyl (C=O) groups is 1. The zero-order valence-corrected chi connectivity index (χ0v) is 11.3. The third-order valence-electron chi connectivity index (χ3n) is 2.09. The van der Waals surface area contributed by atoms with Gasteiger partial charge in [-0.1, -0.05) is 11.6 Å². The third kappa shape index (κ3) is 4.40. The van der Waals surface area contributed by atoms with Crippen LogP contribution in [0, 0.1) is 11.3 Å². The number of halogens is 1. The average Bonchev–Trinajstić information content (AvgIpc) is 2.34. The van der Waals surface area contributed by atoms with Gasteiger partial charge in [0.1, 0.15) is 6.07 Å². The molecule has 0 saturated carbocycles. The highest BCUT2D eigenvalue weighted by molar-refractivity contribution is 7.89. The average molecular weight is 303 g/mol. The zero-order valence-electron chi connectivity index (χ0n) is 9.68. The maximum Gasteiger partial charge on any atom is 0.312 e. The lowest BCUT2D eigenvalue weighted by Gasteiger charge is -2.07. The molecule has 0 bridgehead atoms. The van der Waals surface area contributed by atoms with Crippen molar-refractivity contribution in [3.05, 3.63) is 28.8 Å². The van der Waals surface area contributed by atoms with Gasteiger partial charge in [-0.05, 0) is 18.2 Å². The Kier molecular flexibility index (Phi) is 5.11. The summed E-state index contributed by atoms with van der Waals surface area (Å²) in [5.41, 5.74) is 5.02. The van der Waals surface area contributed by atoms with E-state index in [-0.39, 0.29) is 28.6 Å². The summed E-state index contributed by atoms with van der Waals surface area (Å²) in [6.45, 7) is 0.0570. The summed E-state index contributed by atoms with van der Waals surface area (Å²) in [5.74, 6) is 0. The summed E-state index contributed by atoms with van der Waals surface area (Å²) in [6, 6.07) is 4.87. The molecule has 19 heavy (non-hydrogen) atoms. The lowest BCUT2D eigenvalue weighted by Crippen LogP contribution is -2.37. The van der Waals surface area contributed by atoms with Crippen LogP contribution in [-0.2, 0) is 10.0 Å². The van der Waals surface area contributed by atoms with Gasteiger partial charge < -0.3 is 11.1 Å². The molecule has 0 unspecified atom stereocenters. The highest BCUT2D eigenvalue weighted by Gasteiger charge is 2.15. The Labute approximate surface area is 115 Å². The number of primary amides is 1. The van der Waals surface area contributed by atoms with E-state index in [2.05, 4.69) is 10.0 Å². The lowest BCUT2D eigenvalue weighted by atomic mass is 10.2. The van der Waals surface area contributed by atoms with Gasteiger partial charge in [-0.15, -0.1) is 0 Å². The standard InChI is InChI=1S/C10H11ClN4O3S/c11-9-5-8(2-1-7(9)6-12)19(17,18)15-4-3-14-10(13)16/h1-2,5,15H,3-4H2,(H3,13,14,16). The predicted octanol–water partition coefficient (Wildman–Crippen LogP) is 0.158. The minimum Gasteiger partial charge on any atom is -0.352 e. The lowest BCUT2D eigenvalue weighted by molar-refractivity contribution is 0.249. The second-order valence-electron chi connectivity index (χ2n) is 3.44. The molecule has 0 aromatic heterocycles. The van der Waals surface area contributed by atoms with Crippen LogP contribution in [0.1, 0.15) is 5.56 Å². The molecule has 9 heteroatoms. The van der Waals surface area contributed by atoms with E-state index >= 15 is 0 Å². The molecule has 0 aliphatic rings. The first kappa shape index (κ1) is 15.2. The molecule has 0 saturated heterocycles. The fourth-order valence-corrected chi connectivity index (χ4v) is 2.55. The Hall–Kier alpha value is -1.82. The second kappa shape index (κ2) is 6.38. The second-order valence-corrected chi connectivity index (χ2v) is 5.62. The highest BCUT2D eigenvalue weighted by Crippen LogP contribution is 2.19. The number of urea groups is 1. The number of nitriles is 1. The Morgan fingerprint density at radius 2 is 2.11 bits per heavy atom. The first-order chi connectivity index (χ1) is 8.86. The molecule has 0 aliphatic carbocycles. The van der Waals surface area contributed by atoms with Crippen LogP contribution >= 0.6 is 11.6 Å². The summed E-state index contributed by atoms with van der Waals surface area (Å²) >= 11 is 5.75. The third-order valence-corrected chi connectivity index (χ3v) is 3.86. The molecule has 0 atom stereocenters. The molecular formula is C10H11ClN4O3S. The van der Waals surface area contributed by atoms with Crippen molar-refractivity contribution in [1.29, 1.82) is 5.26 Å². The first-order valence-corrected chi connectivity index (χ1v) is 6.95. The molecule has 7 nitrogen and oxygen atoms in total. The van der Waals surface area contributed by atoms with Crippen molar-refractivity contribution in [2.24, 2.45) is 5.73 Å². The van der Waals surface area contributed by atoms with Crippen LogP contribution in [0.15, 0.2) is 23.1 Å². The summed E-state index contributed by atoms with van der Waals surface area (Å²) in [7, 11) is -3.74. The molecule has 4 N–H and O–H groups in total. The quantitative estimate of drug-likeness (QED) is 0.670. The molecule has 0 heterocycles. The Morgan fingerprint density at radius 1 is 1.42 bits per heavy atom. The van der Waals surface area contributed by atoms with Gasteiger partial charge in [0.25, 0.3) is 0 Å². The maximum atomic E-state index is 11.8. The zero-order chi connectivity index (χ0) is 14.5. The van der Waals surface area contributed by atoms with E-state index in [1.807, 2.05) is 6.07 Å². The fraction of sp³-hybridized carbons (Fsp3) is 0.200. The molecular weight excluding hydrogens is 292 g/mol. The minimum atomic E-state index is -3.74. The van der Waals surface area contributed by atoms with Crippen LogP contribution in [0.2, 0.25) is 5.02 Å². The number of rotatable bonds is 5. The normalized spacial score (nSPS) is 10.7. The predicted molar refractivity (Wildman–Crippen MR) is 68.9 cm³/mol. The number of amides is 2. The van der Waals surface area contributed by atoms with Gasteiger partial charge in [0.05, 0.1) is 15.5 Å². The van der Waals surface area contributed by atoms with Crippen LogP contribution in [0.3, 0.4) is 0 Å². The van der Waals surface area contributed by atoms with E-state index in [4.69, 9.17) is 22.6 Å². The molecule has 0 aliphatic heterocycles.